The van der Waals surface area contributed by atoms with Gasteiger partial charge >= 0.3 is 19.3 Å². The van der Waals surface area contributed by atoms with Crippen LogP contribution in [-0.2, 0) is 11.3 Å². The Morgan fingerprint density at radius 1 is 1.10 bits per heavy atom. The Morgan fingerprint density at radius 2 is 1.87 bits per heavy atom. The molecule has 1 aromatic carbocycles. The summed E-state index contributed by atoms with van der Waals surface area (Å²) in [6, 6.07) is 4.66. The first kappa shape index (κ1) is 35.9. The van der Waals surface area contributed by atoms with Gasteiger partial charge in [0.05, 0.1) is 23.5 Å². The molecule has 1 saturated heterocycles. The van der Waals surface area contributed by atoms with Crippen molar-refractivity contribution in [2.45, 2.75) is 52.2 Å². The third-order valence-corrected chi connectivity index (χ3v) is 7.68. The summed E-state index contributed by atoms with van der Waals surface area (Å²) in [6.45, 7) is 1.18. The van der Waals surface area contributed by atoms with Crippen molar-refractivity contribution in [3.63, 3.8) is 0 Å². The van der Waals surface area contributed by atoms with Crippen LogP contribution in [0.5, 0.6) is 11.5 Å². The number of likely N-dealkylation sites (N-methyl/N-ethyl adjacent to an activating group) is 1. The maximum absolute atomic E-state index is 13.4. The van der Waals surface area contributed by atoms with Gasteiger partial charge in [0.1, 0.15) is 34.9 Å². The number of alkyl halides is 4. The number of nitrogens with zero attached hydrogens (tertiary/aromatic N) is 11. The molecule has 21 heteroatoms. The second-order valence-corrected chi connectivity index (χ2v) is 12.7. The Balaban J connectivity index is 1.20. The minimum absolute atomic E-state index is 0.00645. The standard InChI is InChI=1S/C31H34F4N12O5/c1-31(2,3)52-30(49)43(4)10-11-44-14-18(15-44)47-40-24(39-42-47)17-45-16-22(38-27(48)21-13-37-46-9-5-8-36-26(21)46)25(41-45)20-12-19(50-28(32)33)6-7-23(20)51-29(34)35/h5-9,12-13,16,18,28-29H,10-11,14-15,17H2,1-4H3,(H,38,48). The second-order valence-electron chi connectivity index (χ2n) is 12.7. The van der Waals surface area contributed by atoms with Crippen LogP contribution < -0.4 is 14.8 Å². The van der Waals surface area contributed by atoms with Gasteiger partial charge in [0.15, 0.2) is 11.5 Å². The number of hydrogen-bond acceptors (Lipinski definition) is 12. The van der Waals surface area contributed by atoms with Crippen LogP contribution in [0, 0.1) is 0 Å². The molecule has 1 fully saturated rings. The van der Waals surface area contributed by atoms with Crippen LogP contribution in [0.3, 0.4) is 0 Å². The molecule has 1 aliphatic heterocycles. The van der Waals surface area contributed by atoms with Crippen molar-refractivity contribution in [1.82, 2.24) is 54.4 Å². The third-order valence-electron chi connectivity index (χ3n) is 7.68. The monoisotopic (exact) mass is 730 g/mol. The number of nitrogens with one attached hydrogen (secondary N) is 1. The molecule has 0 aliphatic carbocycles. The molecule has 6 rings (SSSR count). The van der Waals surface area contributed by atoms with E-state index in [4.69, 9.17) is 4.74 Å². The van der Waals surface area contributed by atoms with E-state index in [1.54, 1.807) is 40.1 Å². The van der Waals surface area contributed by atoms with Crippen LogP contribution in [0.1, 0.15) is 43.0 Å². The molecule has 2 amide bonds. The van der Waals surface area contributed by atoms with Crippen LogP contribution in [0.15, 0.2) is 49.1 Å². The maximum Gasteiger partial charge on any atom is 0.410 e. The molecule has 17 nitrogen and oxygen atoms in total. The van der Waals surface area contributed by atoms with Gasteiger partial charge in [0, 0.05) is 51.8 Å². The zero-order chi connectivity index (χ0) is 37.2. The van der Waals surface area contributed by atoms with Crippen molar-refractivity contribution in [2.24, 2.45) is 0 Å². The lowest BCUT2D eigenvalue weighted by atomic mass is 10.1. The number of tetrazole rings is 1. The number of aromatic nitrogens is 9. The minimum Gasteiger partial charge on any atom is -0.444 e. The van der Waals surface area contributed by atoms with Crippen LogP contribution in [0.25, 0.3) is 16.9 Å². The third kappa shape index (κ3) is 8.53. The zero-order valence-electron chi connectivity index (χ0n) is 28.4. The molecule has 0 unspecified atom stereocenters. The Morgan fingerprint density at radius 3 is 2.60 bits per heavy atom. The molecule has 0 radical (unpaired) electrons. The fourth-order valence-electron chi connectivity index (χ4n) is 5.25. The number of carbonyl (C=O) groups excluding carboxylic acids is 2. The number of likely N-dealkylation sites (tertiary alicyclic amines) is 1. The number of halogens is 4. The van der Waals surface area contributed by atoms with Gasteiger partial charge in [-0.15, -0.1) is 10.2 Å². The van der Waals surface area contributed by atoms with Crippen molar-refractivity contribution in [3.05, 3.63) is 60.4 Å². The SMILES string of the molecule is CN(CCN1CC(n2nnc(Cn3cc(NC(=O)c4cnn5cccnc45)c(-c4cc(OC(F)F)ccc4OC(F)F)n3)n2)C1)C(=O)OC(C)(C)C. The average molecular weight is 731 g/mol. The Labute approximate surface area is 293 Å². The number of amides is 2. The van der Waals surface area contributed by atoms with Crippen LogP contribution >= 0.6 is 0 Å². The second kappa shape index (κ2) is 14.8. The minimum atomic E-state index is -3.27. The van der Waals surface area contributed by atoms with E-state index < -0.39 is 36.6 Å². The Kier molecular flexibility index (Phi) is 10.2. The van der Waals surface area contributed by atoms with E-state index in [0.717, 1.165) is 18.2 Å². The first-order valence-electron chi connectivity index (χ1n) is 15.9. The number of anilines is 1. The highest BCUT2D eigenvalue weighted by Crippen LogP contribution is 2.38. The van der Waals surface area contributed by atoms with Gasteiger partial charge < -0.3 is 24.4 Å². The van der Waals surface area contributed by atoms with Crippen molar-refractivity contribution >= 4 is 23.3 Å². The molecule has 0 saturated carbocycles. The largest absolute Gasteiger partial charge is 0.444 e. The van der Waals surface area contributed by atoms with Crippen molar-refractivity contribution < 1.29 is 41.4 Å². The van der Waals surface area contributed by atoms with E-state index in [2.05, 4.69) is 50.3 Å². The van der Waals surface area contributed by atoms with Crippen LogP contribution in [-0.4, -0.2) is 118 Å². The molecule has 1 N–H and O–H groups in total. The Bertz CT molecular complexity index is 2040. The van der Waals surface area contributed by atoms with Gasteiger partial charge in [-0.3, -0.25) is 14.4 Å². The molecule has 276 valence electrons. The summed E-state index contributed by atoms with van der Waals surface area (Å²) < 4.78 is 70.3. The van der Waals surface area contributed by atoms with E-state index in [1.807, 2.05) is 0 Å². The number of ether oxygens (including phenoxy) is 3. The summed E-state index contributed by atoms with van der Waals surface area (Å²) in [7, 11) is 1.67. The molecule has 0 spiro atoms. The van der Waals surface area contributed by atoms with Crippen molar-refractivity contribution in [1.29, 1.82) is 0 Å². The van der Waals surface area contributed by atoms with Crippen molar-refractivity contribution in [3.8, 4) is 22.8 Å². The maximum atomic E-state index is 13.4. The predicted molar refractivity (Wildman–Crippen MR) is 173 cm³/mol. The lowest BCUT2D eigenvalue weighted by Crippen LogP contribution is -2.51. The molecule has 0 bridgehead atoms. The molecule has 5 heterocycles. The van der Waals surface area contributed by atoms with Crippen LogP contribution in [0.2, 0.25) is 0 Å². The van der Waals surface area contributed by atoms with E-state index >= 15 is 0 Å². The highest BCUT2D eigenvalue weighted by Gasteiger charge is 2.31. The summed E-state index contributed by atoms with van der Waals surface area (Å²) in [4.78, 5) is 35.0. The fourth-order valence-corrected chi connectivity index (χ4v) is 5.25. The average Bonchev–Trinajstić information content (AvgIpc) is 3.78. The van der Waals surface area contributed by atoms with E-state index in [9.17, 15) is 27.2 Å². The predicted octanol–water partition coefficient (Wildman–Crippen LogP) is 3.81. The van der Waals surface area contributed by atoms with Gasteiger partial charge in [-0.05, 0) is 50.3 Å². The van der Waals surface area contributed by atoms with E-state index in [0.29, 0.717) is 26.2 Å². The first-order chi connectivity index (χ1) is 24.7. The first-order valence-corrected chi connectivity index (χ1v) is 15.9. The van der Waals surface area contributed by atoms with Gasteiger partial charge in [0.2, 0.25) is 0 Å². The number of benzene rings is 1. The zero-order valence-corrected chi connectivity index (χ0v) is 28.4. The highest BCUT2D eigenvalue weighted by molar-refractivity contribution is 6.09. The molecule has 1 aliphatic rings. The normalized spacial score (nSPS) is 13.8. The molecule has 52 heavy (non-hydrogen) atoms. The van der Waals surface area contributed by atoms with Gasteiger partial charge in [0.25, 0.3) is 5.91 Å². The molecular weight excluding hydrogens is 696 g/mol. The number of carbonyl (C=O) groups is 2. The fraction of sp³-hybridized carbons (Fsp3) is 0.419. The highest BCUT2D eigenvalue weighted by atomic mass is 19.3. The van der Waals surface area contributed by atoms with Crippen molar-refractivity contribution in [2.75, 3.05) is 38.5 Å². The molecule has 5 aromatic rings. The lowest BCUT2D eigenvalue weighted by Gasteiger charge is -2.38. The quantitative estimate of drug-likeness (QED) is 0.174. The van der Waals surface area contributed by atoms with Gasteiger partial charge in [-0.1, -0.05) is 0 Å². The van der Waals surface area contributed by atoms with Crippen LogP contribution in [0.4, 0.5) is 28.0 Å². The summed E-state index contributed by atoms with van der Waals surface area (Å²) in [5.41, 5.74) is -0.526. The molecule has 0 atom stereocenters. The summed E-state index contributed by atoms with van der Waals surface area (Å²) >= 11 is 0. The molecular formula is C31H34F4N12O5. The van der Waals surface area contributed by atoms with Gasteiger partial charge in [-0.25, -0.2) is 14.3 Å². The summed E-state index contributed by atoms with van der Waals surface area (Å²) in [6.07, 6.45) is 5.36. The van der Waals surface area contributed by atoms with Gasteiger partial charge in [-0.2, -0.15) is 32.6 Å². The summed E-state index contributed by atoms with van der Waals surface area (Å²) in [5, 5.41) is 24.0. The topological polar surface area (TPSA) is 172 Å². The molecule has 4 aromatic heterocycles. The Hall–Kier alpha value is -5.86. The summed E-state index contributed by atoms with van der Waals surface area (Å²) in [5.74, 6) is -1.20. The number of fused-ring (bicyclic) bond motifs is 1. The lowest BCUT2D eigenvalue weighted by molar-refractivity contribution is -0.0526. The van der Waals surface area contributed by atoms with E-state index in [1.165, 1.54) is 37.5 Å². The number of rotatable bonds is 13. The number of hydrogen-bond donors (Lipinski definition) is 1. The smallest absolute Gasteiger partial charge is 0.410 e. The van der Waals surface area contributed by atoms with E-state index in [-0.39, 0.29) is 52.3 Å².